The summed E-state index contributed by atoms with van der Waals surface area (Å²) in [5, 5.41) is 2.96. The molecular formula is C23H34N4O3. The van der Waals surface area contributed by atoms with Crippen molar-refractivity contribution in [2.24, 2.45) is 5.92 Å². The number of piperidine rings is 1. The highest BCUT2D eigenvalue weighted by atomic mass is 16.2. The maximum absolute atomic E-state index is 13.3. The standard InChI is InChI=1S/C23H34N4O3/c1-2-10-24-23(30)26-14-17-13-18(16-26)20-9-8-19(22(29)27(20)15-17)21(28)25-11-6-4-3-5-7-12-25/h8-9,17-18H,2-7,10-16H2,1H3,(H,24,30)/t17-,18+/m0/s1. The minimum Gasteiger partial charge on any atom is -0.338 e. The lowest BCUT2D eigenvalue weighted by Gasteiger charge is -2.42. The zero-order valence-electron chi connectivity index (χ0n) is 18.1. The molecule has 0 aromatic carbocycles. The second kappa shape index (κ2) is 9.23. The summed E-state index contributed by atoms with van der Waals surface area (Å²) in [6, 6.07) is 3.67. The Morgan fingerprint density at radius 1 is 1.00 bits per heavy atom. The van der Waals surface area contributed by atoms with Crippen molar-refractivity contribution in [3.05, 3.63) is 33.7 Å². The quantitative estimate of drug-likeness (QED) is 0.826. The molecule has 4 heterocycles. The van der Waals surface area contributed by atoms with Gasteiger partial charge < -0.3 is 19.7 Å². The van der Waals surface area contributed by atoms with E-state index in [9.17, 15) is 14.4 Å². The van der Waals surface area contributed by atoms with Gasteiger partial charge >= 0.3 is 6.03 Å². The van der Waals surface area contributed by atoms with E-state index in [0.717, 1.165) is 57.3 Å². The van der Waals surface area contributed by atoms with Crippen LogP contribution in [0.1, 0.15) is 73.8 Å². The Morgan fingerprint density at radius 3 is 2.47 bits per heavy atom. The Balaban J connectivity index is 1.53. The molecule has 0 saturated carbocycles. The molecule has 0 aliphatic carbocycles. The molecular weight excluding hydrogens is 380 g/mol. The van der Waals surface area contributed by atoms with Crippen molar-refractivity contribution in [1.29, 1.82) is 0 Å². The van der Waals surface area contributed by atoms with Gasteiger partial charge in [-0.15, -0.1) is 0 Å². The van der Waals surface area contributed by atoms with E-state index in [2.05, 4.69) is 5.32 Å². The monoisotopic (exact) mass is 414 g/mol. The van der Waals surface area contributed by atoms with Gasteiger partial charge in [0, 0.05) is 50.9 Å². The maximum atomic E-state index is 13.3. The van der Waals surface area contributed by atoms with Gasteiger partial charge in [-0.3, -0.25) is 9.59 Å². The first-order valence-corrected chi connectivity index (χ1v) is 11.6. The lowest BCUT2D eigenvalue weighted by atomic mass is 9.83. The average molecular weight is 415 g/mol. The smallest absolute Gasteiger partial charge is 0.317 e. The zero-order valence-corrected chi connectivity index (χ0v) is 18.1. The summed E-state index contributed by atoms with van der Waals surface area (Å²) in [5.74, 6) is 0.297. The Labute approximate surface area is 178 Å². The highest BCUT2D eigenvalue weighted by Gasteiger charge is 2.37. The predicted molar refractivity (Wildman–Crippen MR) is 116 cm³/mol. The van der Waals surface area contributed by atoms with Crippen LogP contribution in [0.25, 0.3) is 0 Å². The number of hydrogen-bond donors (Lipinski definition) is 1. The number of rotatable bonds is 3. The normalized spacial score (nSPS) is 23.9. The van der Waals surface area contributed by atoms with Crippen LogP contribution in [0.5, 0.6) is 0 Å². The fourth-order valence-corrected chi connectivity index (χ4v) is 5.24. The maximum Gasteiger partial charge on any atom is 0.317 e. The fourth-order valence-electron chi connectivity index (χ4n) is 5.24. The highest BCUT2D eigenvalue weighted by molar-refractivity contribution is 5.94. The van der Waals surface area contributed by atoms with Crippen LogP contribution in [0.2, 0.25) is 0 Å². The molecule has 7 nitrogen and oxygen atoms in total. The summed E-state index contributed by atoms with van der Waals surface area (Å²) in [5.41, 5.74) is 1.11. The molecule has 2 bridgehead atoms. The second-order valence-electron chi connectivity index (χ2n) is 9.08. The van der Waals surface area contributed by atoms with Crippen molar-refractivity contribution in [3.63, 3.8) is 0 Å². The Bertz CT molecular complexity index is 841. The molecule has 1 aromatic rings. The molecule has 0 radical (unpaired) electrons. The van der Waals surface area contributed by atoms with Gasteiger partial charge in [0.1, 0.15) is 5.56 Å². The number of fused-ring (bicyclic) bond motifs is 4. The molecule has 2 atom stereocenters. The average Bonchev–Trinajstić information content (AvgIpc) is 2.72. The van der Waals surface area contributed by atoms with Gasteiger partial charge in [0.15, 0.2) is 0 Å². The molecule has 7 heteroatoms. The number of pyridine rings is 1. The number of nitrogens with one attached hydrogen (secondary N) is 1. The number of carbonyl (C=O) groups is 2. The molecule has 30 heavy (non-hydrogen) atoms. The number of amides is 3. The van der Waals surface area contributed by atoms with Crippen molar-refractivity contribution < 1.29 is 9.59 Å². The van der Waals surface area contributed by atoms with Crippen molar-refractivity contribution in [1.82, 2.24) is 19.7 Å². The summed E-state index contributed by atoms with van der Waals surface area (Å²) < 4.78 is 1.82. The molecule has 164 valence electrons. The van der Waals surface area contributed by atoms with Crippen molar-refractivity contribution >= 4 is 11.9 Å². The lowest BCUT2D eigenvalue weighted by Crippen LogP contribution is -2.52. The van der Waals surface area contributed by atoms with Crippen molar-refractivity contribution in [2.75, 3.05) is 32.7 Å². The van der Waals surface area contributed by atoms with Crippen LogP contribution in [-0.4, -0.2) is 59.0 Å². The van der Waals surface area contributed by atoms with Gasteiger partial charge in [-0.1, -0.05) is 26.2 Å². The Kier molecular flexibility index (Phi) is 6.44. The van der Waals surface area contributed by atoms with Crippen LogP contribution in [0.4, 0.5) is 4.79 Å². The van der Waals surface area contributed by atoms with E-state index in [4.69, 9.17) is 0 Å². The summed E-state index contributed by atoms with van der Waals surface area (Å²) in [6.07, 6.45) is 7.47. The van der Waals surface area contributed by atoms with Gasteiger partial charge in [-0.2, -0.15) is 0 Å². The molecule has 2 fully saturated rings. The minimum atomic E-state index is -0.154. The van der Waals surface area contributed by atoms with Crippen molar-refractivity contribution in [3.8, 4) is 0 Å². The number of urea groups is 1. The van der Waals surface area contributed by atoms with Crippen molar-refractivity contribution in [2.45, 2.75) is 64.3 Å². The van der Waals surface area contributed by atoms with E-state index in [-0.39, 0.29) is 29.3 Å². The van der Waals surface area contributed by atoms with E-state index in [0.29, 0.717) is 31.7 Å². The lowest BCUT2D eigenvalue weighted by molar-refractivity contribution is 0.0738. The Morgan fingerprint density at radius 2 is 1.73 bits per heavy atom. The molecule has 3 aliphatic heterocycles. The van der Waals surface area contributed by atoms with E-state index in [1.165, 1.54) is 6.42 Å². The molecule has 3 aliphatic rings. The third-order valence-corrected chi connectivity index (χ3v) is 6.79. The number of hydrogen-bond acceptors (Lipinski definition) is 3. The largest absolute Gasteiger partial charge is 0.338 e. The summed E-state index contributed by atoms with van der Waals surface area (Å²) in [6.45, 7) is 6.10. The third-order valence-electron chi connectivity index (χ3n) is 6.79. The number of nitrogens with zero attached hydrogens (tertiary/aromatic N) is 3. The molecule has 0 spiro atoms. The summed E-state index contributed by atoms with van der Waals surface area (Å²) >= 11 is 0. The SMILES string of the molecule is CCCNC(=O)N1C[C@@H]2C[C@H](C1)c1ccc(C(=O)N3CCCCCCC3)c(=O)n1C2. The first-order valence-electron chi connectivity index (χ1n) is 11.6. The highest BCUT2D eigenvalue weighted by Crippen LogP contribution is 2.35. The first kappa shape index (κ1) is 20.9. The summed E-state index contributed by atoms with van der Waals surface area (Å²) in [4.78, 5) is 42.6. The van der Waals surface area contributed by atoms with Crippen LogP contribution < -0.4 is 10.9 Å². The fraction of sp³-hybridized carbons (Fsp3) is 0.696. The summed E-state index contributed by atoms with van der Waals surface area (Å²) in [7, 11) is 0. The number of aromatic nitrogens is 1. The Hall–Kier alpha value is -2.31. The van der Waals surface area contributed by atoms with E-state index >= 15 is 0 Å². The van der Waals surface area contributed by atoms with Gasteiger partial charge in [0.25, 0.3) is 11.5 Å². The molecule has 2 saturated heterocycles. The first-order chi connectivity index (χ1) is 14.6. The van der Waals surface area contributed by atoms with E-state index < -0.39 is 0 Å². The predicted octanol–water partition coefficient (Wildman–Crippen LogP) is 2.79. The molecule has 0 unspecified atom stereocenters. The second-order valence-corrected chi connectivity index (χ2v) is 9.08. The number of carbonyl (C=O) groups excluding carboxylic acids is 2. The number of likely N-dealkylation sites (tertiary alicyclic amines) is 2. The molecule has 3 amide bonds. The van der Waals surface area contributed by atoms with Crippen LogP contribution in [0.3, 0.4) is 0 Å². The molecule has 1 N–H and O–H groups in total. The zero-order chi connectivity index (χ0) is 21.1. The van der Waals surface area contributed by atoms with Gasteiger partial charge in [-0.25, -0.2) is 4.79 Å². The molecule has 1 aromatic heterocycles. The van der Waals surface area contributed by atoms with Crippen LogP contribution in [0, 0.1) is 5.92 Å². The van der Waals surface area contributed by atoms with Crippen LogP contribution in [0.15, 0.2) is 16.9 Å². The topological polar surface area (TPSA) is 74.7 Å². The van der Waals surface area contributed by atoms with Gasteiger partial charge in [-0.05, 0) is 43.7 Å². The van der Waals surface area contributed by atoms with E-state index in [1.807, 2.05) is 27.4 Å². The van der Waals surface area contributed by atoms with Gasteiger partial charge in [0.05, 0.1) is 0 Å². The molecule has 4 rings (SSSR count). The third kappa shape index (κ3) is 4.25. The minimum absolute atomic E-state index is 0.00812. The van der Waals surface area contributed by atoms with E-state index in [1.54, 1.807) is 6.07 Å². The van der Waals surface area contributed by atoms with Crippen LogP contribution >= 0.6 is 0 Å². The van der Waals surface area contributed by atoms with Gasteiger partial charge in [0.2, 0.25) is 0 Å². The van der Waals surface area contributed by atoms with Crippen LogP contribution in [-0.2, 0) is 6.54 Å².